The molecule has 0 radical (unpaired) electrons. The van der Waals surface area contributed by atoms with E-state index in [4.69, 9.17) is 23.7 Å². The van der Waals surface area contributed by atoms with Gasteiger partial charge in [-0.1, -0.05) is 0 Å². The Morgan fingerprint density at radius 1 is 1.04 bits per heavy atom. The highest BCUT2D eigenvalue weighted by Crippen LogP contribution is 2.39. The Kier molecular flexibility index (Phi) is 7.81. The molecule has 140 valence electrons. The average molecular weight is 353 g/mol. The summed E-state index contributed by atoms with van der Waals surface area (Å²) in [5.41, 5.74) is 0.462. The van der Waals surface area contributed by atoms with Gasteiger partial charge in [-0.3, -0.25) is 4.79 Å². The molecule has 7 heteroatoms. The van der Waals surface area contributed by atoms with Crippen molar-refractivity contribution in [3.63, 3.8) is 0 Å². The zero-order valence-corrected chi connectivity index (χ0v) is 15.1. The monoisotopic (exact) mass is 353 g/mol. The lowest BCUT2D eigenvalue weighted by atomic mass is 10.1. The molecule has 0 saturated carbocycles. The van der Waals surface area contributed by atoms with Gasteiger partial charge in [-0.15, -0.1) is 0 Å². The Labute approximate surface area is 148 Å². The fourth-order valence-electron chi connectivity index (χ4n) is 2.50. The molecule has 0 aromatic heterocycles. The molecule has 1 aromatic carbocycles. The van der Waals surface area contributed by atoms with E-state index in [1.165, 1.54) is 0 Å². The second kappa shape index (κ2) is 10.1. The average Bonchev–Trinajstić information content (AvgIpc) is 3.11. The summed E-state index contributed by atoms with van der Waals surface area (Å²) in [6.07, 6.45) is 0.373. The van der Waals surface area contributed by atoms with Crippen LogP contribution in [0.4, 0.5) is 0 Å². The molecule has 1 aliphatic heterocycles. The van der Waals surface area contributed by atoms with Crippen molar-refractivity contribution in [3.8, 4) is 17.2 Å². The first-order valence-electron chi connectivity index (χ1n) is 8.77. The lowest BCUT2D eigenvalue weighted by molar-refractivity contribution is -0.0455. The maximum Gasteiger partial charge on any atom is 0.251 e. The first-order valence-corrected chi connectivity index (χ1v) is 8.77. The Morgan fingerprint density at radius 3 is 2.12 bits per heavy atom. The number of ether oxygens (including phenoxy) is 5. The van der Waals surface area contributed by atoms with Crippen molar-refractivity contribution in [1.82, 2.24) is 5.32 Å². The largest absolute Gasteiger partial charge is 0.490 e. The summed E-state index contributed by atoms with van der Waals surface area (Å²) in [6, 6.07) is 3.35. The van der Waals surface area contributed by atoms with Crippen LogP contribution in [0.1, 0.15) is 37.6 Å². The van der Waals surface area contributed by atoms with Crippen molar-refractivity contribution in [1.29, 1.82) is 0 Å². The van der Waals surface area contributed by atoms with Gasteiger partial charge in [0.15, 0.2) is 17.8 Å². The number of rotatable bonds is 10. The van der Waals surface area contributed by atoms with Gasteiger partial charge in [0.25, 0.3) is 5.91 Å². The molecule has 0 spiro atoms. The first-order chi connectivity index (χ1) is 12.2. The number of carbonyl (C=O) groups is 1. The maximum atomic E-state index is 12.5. The van der Waals surface area contributed by atoms with Crippen molar-refractivity contribution in [2.45, 2.75) is 33.5 Å². The van der Waals surface area contributed by atoms with E-state index >= 15 is 0 Å². The summed E-state index contributed by atoms with van der Waals surface area (Å²) >= 11 is 0. The highest BCUT2D eigenvalue weighted by Gasteiger charge is 2.19. The van der Waals surface area contributed by atoms with E-state index in [9.17, 15) is 4.79 Å². The first kappa shape index (κ1) is 19.3. The lowest BCUT2D eigenvalue weighted by Gasteiger charge is -2.17. The molecule has 7 nitrogen and oxygen atoms in total. The molecule has 1 N–H and O–H groups in total. The molecule has 25 heavy (non-hydrogen) atoms. The second-order valence-corrected chi connectivity index (χ2v) is 5.32. The molecule has 1 heterocycles. The molecular weight excluding hydrogens is 326 g/mol. The number of nitrogens with one attached hydrogen (secondary N) is 1. The van der Waals surface area contributed by atoms with E-state index in [0.29, 0.717) is 68.8 Å². The number of carbonyl (C=O) groups excluding carboxylic acids is 1. The highest BCUT2D eigenvalue weighted by atomic mass is 16.7. The van der Waals surface area contributed by atoms with Crippen molar-refractivity contribution in [2.75, 3.05) is 39.6 Å². The molecule has 1 aromatic rings. The predicted octanol–water partition coefficient (Wildman–Crippen LogP) is 2.38. The minimum absolute atomic E-state index is 0.206. The SMILES string of the molecule is CCOc1cc(C(=O)NCCC2OCCO2)cc(OCC)c1OCC. The van der Waals surface area contributed by atoms with E-state index in [0.717, 1.165) is 0 Å². The van der Waals surface area contributed by atoms with Gasteiger partial charge in [0, 0.05) is 18.5 Å². The van der Waals surface area contributed by atoms with Gasteiger partial charge in [-0.2, -0.15) is 0 Å². The lowest BCUT2D eigenvalue weighted by Crippen LogP contribution is -2.27. The molecule has 1 saturated heterocycles. The van der Waals surface area contributed by atoms with E-state index in [-0.39, 0.29) is 12.2 Å². The van der Waals surface area contributed by atoms with Gasteiger partial charge in [0.2, 0.25) is 5.75 Å². The zero-order chi connectivity index (χ0) is 18.1. The fraction of sp³-hybridized carbons (Fsp3) is 0.611. The second-order valence-electron chi connectivity index (χ2n) is 5.32. The molecule has 1 fully saturated rings. The van der Waals surface area contributed by atoms with Crippen LogP contribution in [-0.4, -0.2) is 51.8 Å². The number of hydrogen-bond donors (Lipinski definition) is 1. The molecule has 0 atom stereocenters. The number of hydrogen-bond acceptors (Lipinski definition) is 6. The van der Waals surface area contributed by atoms with E-state index in [1.807, 2.05) is 20.8 Å². The minimum Gasteiger partial charge on any atom is -0.490 e. The molecule has 0 aliphatic carbocycles. The van der Waals surface area contributed by atoms with Crippen molar-refractivity contribution in [3.05, 3.63) is 17.7 Å². The summed E-state index contributed by atoms with van der Waals surface area (Å²) in [7, 11) is 0. The van der Waals surface area contributed by atoms with E-state index < -0.39 is 0 Å². The summed E-state index contributed by atoms with van der Waals surface area (Å²) in [5, 5.41) is 2.87. The van der Waals surface area contributed by atoms with Gasteiger partial charge in [0.05, 0.1) is 33.0 Å². The summed E-state index contributed by atoms with van der Waals surface area (Å²) in [4.78, 5) is 12.5. The summed E-state index contributed by atoms with van der Waals surface area (Å²) in [5.74, 6) is 1.32. The smallest absolute Gasteiger partial charge is 0.251 e. The quantitative estimate of drug-likeness (QED) is 0.696. The third kappa shape index (κ3) is 5.51. The zero-order valence-electron chi connectivity index (χ0n) is 15.1. The molecular formula is C18H27NO6. The molecule has 2 rings (SSSR count). The van der Waals surface area contributed by atoms with E-state index in [2.05, 4.69) is 5.32 Å². The third-order valence-corrected chi connectivity index (χ3v) is 3.53. The molecule has 0 unspecified atom stereocenters. The van der Waals surface area contributed by atoms with Crippen LogP contribution in [0, 0.1) is 0 Å². The number of amides is 1. The maximum absolute atomic E-state index is 12.5. The van der Waals surface area contributed by atoms with Crippen LogP contribution in [-0.2, 0) is 9.47 Å². The molecule has 1 aliphatic rings. The van der Waals surface area contributed by atoms with Crippen molar-refractivity contribution >= 4 is 5.91 Å². The fourth-order valence-corrected chi connectivity index (χ4v) is 2.50. The Hall–Kier alpha value is -1.99. The van der Waals surface area contributed by atoms with Gasteiger partial charge in [-0.25, -0.2) is 0 Å². The standard InChI is InChI=1S/C18H27NO6/c1-4-21-14-11-13(12-15(22-5-2)17(14)23-6-3)18(20)19-8-7-16-24-9-10-25-16/h11-12,16H,4-10H2,1-3H3,(H,19,20). The van der Waals surface area contributed by atoms with E-state index in [1.54, 1.807) is 12.1 Å². The van der Waals surface area contributed by atoms with Crippen LogP contribution in [0.3, 0.4) is 0 Å². The van der Waals surface area contributed by atoms with Gasteiger partial charge < -0.3 is 29.0 Å². The number of benzene rings is 1. The van der Waals surface area contributed by atoms with Crippen LogP contribution < -0.4 is 19.5 Å². The van der Waals surface area contributed by atoms with Gasteiger partial charge in [-0.05, 0) is 32.9 Å². The van der Waals surface area contributed by atoms with Crippen LogP contribution in [0.2, 0.25) is 0 Å². The topological polar surface area (TPSA) is 75.3 Å². The summed E-state index contributed by atoms with van der Waals surface area (Å²) in [6.45, 7) is 8.73. The molecule has 1 amide bonds. The Balaban J connectivity index is 2.10. The normalized spacial score (nSPS) is 14.4. The van der Waals surface area contributed by atoms with Crippen LogP contribution >= 0.6 is 0 Å². The third-order valence-electron chi connectivity index (χ3n) is 3.53. The highest BCUT2D eigenvalue weighted by molar-refractivity contribution is 5.95. The van der Waals surface area contributed by atoms with Crippen molar-refractivity contribution in [2.24, 2.45) is 0 Å². The van der Waals surface area contributed by atoms with Crippen LogP contribution in [0.5, 0.6) is 17.2 Å². The minimum atomic E-state index is -0.237. The predicted molar refractivity (Wildman–Crippen MR) is 92.6 cm³/mol. The Bertz CT molecular complexity index is 529. The van der Waals surface area contributed by atoms with Crippen molar-refractivity contribution < 1.29 is 28.5 Å². The van der Waals surface area contributed by atoms with Gasteiger partial charge >= 0.3 is 0 Å². The van der Waals surface area contributed by atoms with Crippen LogP contribution in [0.25, 0.3) is 0 Å². The summed E-state index contributed by atoms with van der Waals surface area (Å²) < 4.78 is 27.6. The molecule has 0 bridgehead atoms. The van der Waals surface area contributed by atoms with Gasteiger partial charge in [0.1, 0.15) is 0 Å². The van der Waals surface area contributed by atoms with Crippen LogP contribution in [0.15, 0.2) is 12.1 Å². The Morgan fingerprint density at radius 2 is 1.60 bits per heavy atom.